The number of nitrogens with one attached hydrogen (secondary N) is 1. The molecule has 0 atom stereocenters. The Bertz CT molecular complexity index is 1060. The molecule has 0 aliphatic rings. The fourth-order valence-electron chi connectivity index (χ4n) is 2.89. The maximum absolute atomic E-state index is 12.6. The smallest absolute Gasteiger partial charge is 0.240 e. The topological polar surface area (TPSA) is 69.0 Å². The Morgan fingerprint density at radius 3 is 2.74 bits per heavy atom. The Labute approximate surface area is 160 Å². The van der Waals surface area contributed by atoms with Crippen LogP contribution >= 0.6 is 11.3 Å². The number of ether oxygens (including phenoxy) is 1. The van der Waals surface area contributed by atoms with Gasteiger partial charge in [0.25, 0.3) is 0 Å². The summed E-state index contributed by atoms with van der Waals surface area (Å²) in [6, 6.07) is 15.5. The Balaban J connectivity index is 1.53. The highest BCUT2D eigenvalue weighted by molar-refractivity contribution is 7.13. The van der Waals surface area contributed by atoms with Crippen molar-refractivity contribution in [3.8, 4) is 16.5 Å². The van der Waals surface area contributed by atoms with Gasteiger partial charge in [-0.15, -0.1) is 11.3 Å². The van der Waals surface area contributed by atoms with E-state index in [0.29, 0.717) is 6.54 Å². The van der Waals surface area contributed by atoms with Crippen LogP contribution in [-0.4, -0.2) is 27.6 Å². The predicted molar refractivity (Wildman–Crippen MR) is 106 cm³/mol. The SMILES string of the molecule is COc1ccc(CNC(=O)Cn2c(-c3cncs3)nc3ccccc32)cc1. The number of para-hydroxylation sites is 2. The quantitative estimate of drug-likeness (QED) is 0.558. The van der Waals surface area contributed by atoms with Gasteiger partial charge in [0, 0.05) is 12.7 Å². The highest BCUT2D eigenvalue weighted by Gasteiger charge is 2.16. The zero-order valence-corrected chi connectivity index (χ0v) is 15.6. The van der Waals surface area contributed by atoms with E-state index in [1.54, 1.807) is 18.8 Å². The van der Waals surface area contributed by atoms with Crippen LogP contribution in [0.15, 0.2) is 60.2 Å². The van der Waals surface area contributed by atoms with E-state index in [-0.39, 0.29) is 12.5 Å². The zero-order valence-electron chi connectivity index (χ0n) is 14.8. The summed E-state index contributed by atoms with van der Waals surface area (Å²) in [6.07, 6.45) is 1.78. The molecule has 1 N–H and O–H groups in total. The van der Waals surface area contributed by atoms with Gasteiger partial charge >= 0.3 is 0 Å². The van der Waals surface area contributed by atoms with Crippen LogP contribution in [0.25, 0.3) is 21.7 Å². The van der Waals surface area contributed by atoms with Gasteiger partial charge in [-0.05, 0) is 29.8 Å². The fourth-order valence-corrected chi connectivity index (χ4v) is 3.51. The molecule has 0 spiro atoms. The number of methoxy groups -OCH3 is 1. The molecule has 0 unspecified atom stereocenters. The molecule has 0 saturated carbocycles. The van der Waals surface area contributed by atoms with E-state index in [1.807, 2.05) is 53.1 Å². The monoisotopic (exact) mass is 378 g/mol. The number of benzene rings is 2. The molecule has 0 bridgehead atoms. The largest absolute Gasteiger partial charge is 0.497 e. The van der Waals surface area contributed by atoms with Crippen LogP contribution in [0.5, 0.6) is 5.75 Å². The van der Waals surface area contributed by atoms with Crippen molar-refractivity contribution < 1.29 is 9.53 Å². The van der Waals surface area contributed by atoms with Crippen molar-refractivity contribution in [3.05, 3.63) is 65.8 Å². The summed E-state index contributed by atoms with van der Waals surface area (Å²) in [5.74, 6) is 1.49. The number of rotatable bonds is 6. The number of aromatic nitrogens is 3. The van der Waals surface area contributed by atoms with Crippen LogP contribution < -0.4 is 10.1 Å². The molecule has 0 aliphatic heterocycles. The predicted octanol–water partition coefficient (Wildman–Crippen LogP) is 3.48. The number of carbonyl (C=O) groups is 1. The van der Waals surface area contributed by atoms with Gasteiger partial charge in [0.15, 0.2) is 5.82 Å². The van der Waals surface area contributed by atoms with Crippen molar-refractivity contribution in [2.24, 2.45) is 0 Å². The number of carbonyl (C=O) groups excluding carboxylic acids is 1. The summed E-state index contributed by atoms with van der Waals surface area (Å²) < 4.78 is 7.09. The molecule has 4 rings (SSSR count). The normalized spacial score (nSPS) is 10.9. The molecule has 0 saturated heterocycles. The standard InChI is InChI=1S/C20H18N4O2S/c1-26-15-8-6-14(7-9-15)10-22-19(25)12-24-17-5-3-2-4-16(17)23-20(24)18-11-21-13-27-18/h2-9,11,13H,10,12H2,1H3,(H,22,25). The Morgan fingerprint density at radius 1 is 1.19 bits per heavy atom. The fraction of sp³-hybridized carbons (Fsp3) is 0.150. The minimum atomic E-state index is -0.0697. The summed E-state index contributed by atoms with van der Waals surface area (Å²) in [5.41, 5.74) is 4.58. The summed E-state index contributed by atoms with van der Waals surface area (Å²) in [7, 11) is 1.63. The van der Waals surface area contributed by atoms with E-state index in [9.17, 15) is 4.79 Å². The molecule has 2 aromatic heterocycles. The minimum Gasteiger partial charge on any atom is -0.497 e. The maximum Gasteiger partial charge on any atom is 0.240 e. The molecule has 0 fully saturated rings. The van der Waals surface area contributed by atoms with Crippen LogP contribution in [0.3, 0.4) is 0 Å². The molecule has 0 aliphatic carbocycles. The van der Waals surface area contributed by atoms with Crippen molar-refractivity contribution in [2.45, 2.75) is 13.1 Å². The third kappa shape index (κ3) is 3.68. The molecule has 7 heteroatoms. The first-order valence-electron chi connectivity index (χ1n) is 8.48. The lowest BCUT2D eigenvalue weighted by Gasteiger charge is -2.10. The van der Waals surface area contributed by atoms with Crippen molar-refractivity contribution in [1.82, 2.24) is 19.9 Å². The first-order valence-corrected chi connectivity index (χ1v) is 9.36. The second kappa shape index (κ2) is 7.59. The molecule has 1 amide bonds. The van der Waals surface area contributed by atoms with Crippen LogP contribution in [0.4, 0.5) is 0 Å². The lowest BCUT2D eigenvalue weighted by Crippen LogP contribution is -2.27. The van der Waals surface area contributed by atoms with Crippen molar-refractivity contribution in [1.29, 1.82) is 0 Å². The van der Waals surface area contributed by atoms with Gasteiger partial charge in [-0.2, -0.15) is 0 Å². The molecule has 6 nitrogen and oxygen atoms in total. The summed E-state index contributed by atoms with van der Waals surface area (Å²) >= 11 is 1.51. The van der Waals surface area contributed by atoms with E-state index in [4.69, 9.17) is 4.74 Å². The molecule has 4 aromatic rings. The molecule has 2 heterocycles. The maximum atomic E-state index is 12.6. The highest BCUT2D eigenvalue weighted by atomic mass is 32.1. The lowest BCUT2D eigenvalue weighted by molar-refractivity contribution is -0.121. The first-order chi connectivity index (χ1) is 13.2. The van der Waals surface area contributed by atoms with Crippen LogP contribution in [0, 0.1) is 0 Å². The Morgan fingerprint density at radius 2 is 2.00 bits per heavy atom. The number of thiazole rings is 1. The van der Waals surface area contributed by atoms with Crippen molar-refractivity contribution >= 4 is 28.3 Å². The van der Waals surface area contributed by atoms with Gasteiger partial charge in [0.2, 0.25) is 5.91 Å². The van der Waals surface area contributed by atoms with E-state index < -0.39 is 0 Å². The molecule has 0 radical (unpaired) electrons. The number of hydrogen-bond acceptors (Lipinski definition) is 5. The van der Waals surface area contributed by atoms with Gasteiger partial charge in [-0.3, -0.25) is 9.78 Å². The van der Waals surface area contributed by atoms with Crippen molar-refractivity contribution in [2.75, 3.05) is 7.11 Å². The third-order valence-corrected chi connectivity index (χ3v) is 5.03. The second-order valence-corrected chi connectivity index (χ2v) is 6.89. The number of hydrogen-bond donors (Lipinski definition) is 1. The average Bonchev–Trinajstić information content (AvgIpc) is 3.35. The average molecular weight is 378 g/mol. The van der Waals surface area contributed by atoms with Crippen LogP contribution in [0.2, 0.25) is 0 Å². The van der Waals surface area contributed by atoms with Crippen molar-refractivity contribution in [3.63, 3.8) is 0 Å². The second-order valence-electron chi connectivity index (χ2n) is 6.00. The molecule has 136 valence electrons. The molecule has 27 heavy (non-hydrogen) atoms. The molecule has 2 aromatic carbocycles. The zero-order chi connectivity index (χ0) is 18.6. The molecular formula is C20H18N4O2S. The van der Waals surface area contributed by atoms with Gasteiger partial charge in [-0.1, -0.05) is 24.3 Å². The van der Waals surface area contributed by atoms with Gasteiger partial charge in [0.1, 0.15) is 12.3 Å². The van der Waals surface area contributed by atoms with E-state index in [2.05, 4.69) is 15.3 Å². The van der Waals surface area contributed by atoms with E-state index in [0.717, 1.165) is 33.0 Å². The summed E-state index contributed by atoms with van der Waals surface area (Å²) in [5, 5.41) is 2.97. The number of imidazole rings is 1. The van der Waals surface area contributed by atoms with Gasteiger partial charge < -0.3 is 14.6 Å². The Hall–Kier alpha value is -3.19. The summed E-state index contributed by atoms with van der Waals surface area (Å²) in [6.45, 7) is 0.662. The van der Waals surface area contributed by atoms with Crippen LogP contribution in [0.1, 0.15) is 5.56 Å². The minimum absolute atomic E-state index is 0.0697. The van der Waals surface area contributed by atoms with E-state index in [1.165, 1.54) is 11.3 Å². The van der Waals surface area contributed by atoms with Crippen LogP contribution in [-0.2, 0) is 17.9 Å². The third-order valence-electron chi connectivity index (χ3n) is 4.26. The number of nitrogens with zero attached hydrogens (tertiary/aromatic N) is 3. The number of fused-ring (bicyclic) bond motifs is 1. The first kappa shape index (κ1) is 17.2. The van der Waals surface area contributed by atoms with E-state index >= 15 is 0 Å². The van der Waals surface area contributed by atoms with Gasteiger partial charge in [-0.25, -0.2) is 4.98 Å². The van der Waals surface area contributed by atoms with Gasteiger partial charge in [0.05, 0.1) is 28.5 Å². The highest BCUT2D eigenvalue weighted by Crippen LogP contribution is 2.27. The Kier molecular flexibility index (Phi) is 4.84. The summed E-state index contributed by atoms with van der Waals surface area (Å²) in [4.78, 5) is 22.3. The molecular weight excluding hydrogens is 360 g/mol. The lowest BCUT2D eigenvalue weighted by atomic mass is 10.2. The number of amides is 1.